The number of nitrogens with one attached hydrogen (secondary N) is 1. The third kappa shape index (κ3) is 4.35. The van der Waals surface area contributed by atoms with Crippen LogP contribution < -0.4 is 5.32 Å². The van der Waals surface area contributed by atoms with Gasteiger partial charge in [-0.25, -0.2) is 0 Å². The summed E-state index contributed by atoms with van der Waals surface area (Å²) in [7, 11) is 0. The highest BCUT2D eigenvalue weighted by Crippen LogP contribution is 2.41. The van der Waals surface area contributed by atoms with Gasteiger partial charge in [-0.05, 0) is 54.9 Å². The van der Waals surface area contributed by atoms with Gasteiger partial charge in [0.1, 0.15) is 0 Å². The van der Waals surface area contributed by atoms with Crippen molar-refractivity contribution in [1.29, 1.82) is 0 Å². The van der Waals surface area contributed by atoms with Gasteiger partial charge in [-0.15, -0.1) is 0 Å². The predicted molar refractivity (Wildman–Crippen MR) is 97.6 cm³/mol. The molecule has 0 saturated heterocycles. The van der Waals surface area contributed by atoms with E-state index < -0.39 is 0 Å². The highest BCUT2D eigenvalue weighted by molar-refractivity contribution is 5.91. The van der Waals surface area contributed by atoms with E-state index in [-0.39, 0.29) is 5.91 Å². The second kappa shape index (κ2) is 7.21. The Balaban J connectivity index is 1.54. The van der Waals surface area contributed by atoms with Crippen molar-refractivity contribution >= 4 is 12.0 Å². The first kappa shape index (κ1) is 17.4. The molecule has 0 aliphatic heterocycles. The maximum Gasteiger partial charge on any atom is 0.257 e. The van der Waals surface area contributed by atoms with Gasteiger partial charge >= 0.3 is 0 Å². The highest BCUT2D eigenvalue weighted by atomic mass is 16.5. The highest BCUT2D eigenvalue weighted by Gasteiger charge is 2.34. The van der Waals surface area contributed by atoms with Crippen LogP contribution in [-0.2, 0) is 4.79 Å². The molecule has 0 bridgehead atoms. The summed E-state index contributed by atoms with van der Waals surface area (Å²) in [4.78, 5) is 16.2. The minimum atomic E-state index is -0.0423. The largest absolute Gasteiger partial charge is 0.352 e. The minimum Gasteiger partial charge on any atom is -0.352 e. The van der Waals surface area contributed by atoms with Gasteiger partial charge in [-0.2, -0.15) is 4.98 Å². The van der Waals surface area contributed by atoms with Crippen molar-refractivity contribution in [3.8, 4) is 11.5 Å². The van der Waals surface area contributed by atoms with Crippen molar-refractivity contribution in [2.75, 3.05) is 6.54 Å². The number of rotatable bonds is 5. The van der Waals surface area contributed by atoms with Crippen molar-refractivity contribution < 1.29 is 9.32 Å². The molecule has 5 nitrogen and oxygen atoms in total. The number of hydrogen-bond acceptors (Lipinski definition) is 4. The van der Waals surface area contributed by atoms with Crippen LogP contribution in [0.15, 0.2) is 34.9 Å². The zero-order valence-corrected chi connectivity index (χ0v) is 15.1. The zero-order chi connectivity index (χ0) is 17.9. The van der Waals surface area contributed by atoms with Gasteiger partial charge < -0.3 is 9.84 Å². The Labute approximate surface area is 148 Å². The monoisotopic (exact) mass is 339 g/mol. The average molecular weight is 339 g/mol. The van der Waals surface area contributed by atoms with E-state index in [0.29, 0.717) is 23.0 Å². The summed E-state index contributed by atoms with van der Waals surface area (Å²) in [6.07, 6.45) is 7.12. The third-order valence-corrected chi connectivity index (χ3v) is 5.11. The van der Waals surface area contributed by atoms with Gasteiger partial charge in [-0.3, -0.25) is 4.79 Å². The number of benzene rings is 1. The number of carbonyl (C=O) groups excluding carboxylic acids is 1. The minimum absolute atomic E-state index is 0.0423. The number of aryl methyl sites for hydroxylation is 1. The molecule has 1 N–H and O–H groups in total. The first-order valence-electron chi connectivity index (χ1n) is 8.81. The lowest BCUT2D eigenvalue weighted by atomic mass is 9.82. The zero-order valence-electron chi connectivity index (χ0n) is 15.1. The average Bonchev–Trinajstić information content (AvgIpc) is 3.16. The number of aromatic nitrogens is 2. The van der Waals surface area contributed by atoms with E-state index in [9.17, 15) is 4.79 Å². The van der Waals surface area contributed by atoms with Gasteiger partial charge in [0, 0.05) is 18.2 Å². The molecule has 1 heterocycles. The van der Waals surface area contributed by atoms with Crippen LogP contribution in [0.2, 0.25) is 0 Å². The third-order valence-electron chi connectivity index (χ3n) is 5.11. The van der Waals surface area contributed by atoms with Crippen LogP contribution in [0.1, 0.15) is 44.5 Å². The van der Waals surface area contributed by atoms with Crippen molar-refractivity contribution in [2.24, 2.45) is 11.3 Å². The molecule has 132 valence electrons. The molecular formula is C20H25N3O2. The summed E-state index contributed by atoms with van der Waals surface area (Å²) in [5, 5.41) is 6.82. The molecule has 1 aromatic heterocycles. The molecule has 2 aromatic rings. The van der Waals surface area contributed by atoms with Gasteiger partial charge in [-0.1, -0.05) is 37.6 Å². The second-order valence-corrected chi connectivity index (χ2v) is 7.42. The van der Waals surface area contributed by atoms with Crippen molar-refractivity contribution in [1.82, 2.24) is 15.5 Å². The topological polar surface area (TPSA) is 68.0 Å². The predicted octanol–water partition coefficient (Wildman–Crippen LogP) is 4.00. The Bertz CT molecular complexity index is 760. The normalized spacial score (nSPS) is 19.4. The maximum atomic E-state index is 12.0. The van der Waals surface area contributed by atoms with Crippen LogP contribution in [0.4, 0.5) is 0 Å². The van der Waals surface area contributed by atoms with Gasteiger partial charge in [0.25, 0.3) is 5.89 Å². The summed E-state index contributed by atoms with van der Waals surface area (Å²) in [6.45, 7) is 7.12. The Hall–Kier alpha value is -2.43. The van der Waals surface area contributed by atoms with Crippen LogP contribution in [0.5, 0.6) is 0 Å². The molecule has 1 saturated carbocycles. The molecule has 1 unspecified atom stereocenters. The fourth-order valence-corrected chi connectivity index (χ4v) is 3.38. The van der Waals surface area contributed by atoms with E-state index in [1.165, 1.54) is 19.3 Å². The van der Waals surface area contributed by atoms with Crippen LogP contribution in [0.3, 0.4) is 0 Å². The lowest BCUT2D eigenvalue weighted by Crippen LogP contribution is -2.32. The molecule has 3 rings (SSSR count). The fourth-order valence-electron chi connectivity index (χ4n) is 3.38. The van der Waals surface area contributed by atoms with Crippen molar-refractivity contribution in [3.63, 3.8) is 0 Å². The van der Waals surface area contributed by atoms with Crippen molar-refractivity contribution in [2.45, 2.75) is 40.0 Å². The smallest absolute Gasteiger partial charge is 0.257 e. The molecule has 1 amide bonds. The summed E-state index contributed by atoms with van der Waals surface area (Å²) in [5.74, 6) is 1.65. The van der Waals surface area contributed by atoms with Gasteiger partial charge in [0.2, 0.25) is 5.91 Å². The maximum absolute atomic E-state index is 12.0. The SMILES string of the molecule is Cc1noc(-c2ccc(/C=C/C(=O)NCC3CCCC3(C)C)cc2)n1. The van der Waals surface area contributed by atoms with Crippen LogP contribution in [0.25, 0.3) is 17.5 Å². The summed E-state index contributed by atoms with van der Waals surface area (Å²) < 4.78 is 5.14. The molecule has 0 spiro atoms. The molecule has 25 heavy (non-hydrogen) atoms. The van der Waals surface area contributed by atoms with E-state index in [1.807, 2.05) is 30.3 Å². The number of carbonyl (C=O) groups is 1. The first-order chi connectivity index (χ1) is 11.9. The molecule has 1 aromatic carbocycles. The van der Waals surface area contributed by atoms with Crippen LogP contribution >= 0.6 is 0 Å². The summed E-state index contributed by atoms with van der Waals surface area (Å²) in [6, 6.07) is 7.68. The molecule has 0 radical (unpaired) electrons. The van der Waals surface area contributed by atoms with E-state index >= 15 is 0 Å². The Morgan fingerprint density at radius 3 is 2.72 bits per heavy atom. The summed E-state index contributed by atoms with van der Waals surface area (Å²) in [5.41, 5.74) is 2.15. The van der Waals surface area contributed by atoms with Crippen LogP contribution in [-0.4, -0.2) is 22.6 Å². The number of amides is 1. The number of nitrogens with zero attached hydrogens (tertiary/aromatic N) is 2. The Morgan fingerprint density at radius 2 is 2.12 bits per heavy atom. The molecule has 1 atom stereocenters. The van der Waals surface area contributed by atoms with E-state index in [0.717, 1.165) is 17.7 Å². The fraction of sp³-hybridized carbons (Fsp3) is 0.450. The van der Waals surface area contributed by atoms with Crippen LogP contribution in [0, 0.1) is 18.3 Å². The molecule has 5 heteroatoms. The second-order valence-electron chi connectivity index (χ2n) is 7.42. The molecular weight excluding hydrogens is 314 g/mol. The Kier molecular flexibility index (Phi) is 5.02. The lowest BCUT2D eigenvalue weighted by molar-refractivity contribution is -0.116. The molecule has 1 aliphatic carbocycles. The molecule has 1 fully saturated rings. The molecule has 1 aliphatic rings. The van der Waals surface area contributed by atoms with E-state index in [1.54, 1.807) is 13.0 Å². The van der Waals surface area contributed by atoms with Gasteiger partial charge in [0.15, 0.2) is 5.82 Å². The Morgan fingerprint density at radius 1 is 1.36 bits per heavy atom. The quantitative estimate of drug-likeness (QED) is 0.836. The standard InChI is InChI=1S/C20H25N3O2/c1-14-22-19(25-23-14)16-9-6-15(7-10-16)8-11-18(24)21-13-17-5-4-12-20(17,2)3/h6-11,17H,4-5,12-13H2,1-3H3,(H,21,24)/b11-8+. The lowest BCUT2D eigenvalue weighted by Gasteiger charge is -2.26. The van der Waals surface area contributed by atoms with Crippen molar-refractivity contribution in [3.05, 3.63) is 41.7 Å². The summed E-state index contributed by atoms with van der Waals surface area (Å²) >= 11 is 0. The van der Waals surface area contributed by atoms with E-state index in [2.05, 4.69) is 29.3 Å². The van der Waals surface area contributed by atoms with E-state index in [4.69, 9.17) is 4.52 Å². The van der Waals surface area contributed by atoms with Gasteiger partial charge in [0.05, 0.1) is 0 Å². The first-order valence-corrected chi connectivity index (χ1v) is 8.81. The number of hydrogen-bond donors (Lipinski definition) is 1.